The number of imide groups is 1. The molecule has 0 bridgehead atoms. The second-order valence-corrected chi connectivity index (χ2v) is 6.71. The molecule has 0 fully saturated rings. The van der Waals surface area contributed by atoms with E-state index in [0.717, 1.165) is 0 Å². The Labute approximate surface area is 144 Å². The van der Waals surface area contributed by atoms with Crippen molar-refractivity contribution in [1.29, 1.82) is 0 Å². The van der Waals surface area contributed by atoms with Crippen molar-refractivity contribution in [2.75, 3.05) is 17.7 Å². The maximum Gasteiger partial charge on any atom is 0.268 e. The van der Waals surface area contributed by atoms with Crippen LogP contribution in [0.25, 0.3) is 5.57 Å². The minimum atomic E-state index is -0.331. The molecule has 0 atom stereocenters. The molecule has 1 aliphatic heterocycles. The van der Waals surface area contributed by atoms with E-state index in [4.69, 9.17) is 5.11 Å². The Morgan fingerprint density at radius 1 is 1.21 bits per heavy atom. The van der Waals surface area contributed by atoms with Crippen LogP contribution in [0.3, 0.4) is 0 Å². The zero-order chi connectivity index (χ0) is 17.9. The molecule has 0 unspecified atom stereocenters. The van der Waals surface area contributed by atoms with Crippen LogP contribution in [-0.2, 0) is 14.4 Å². The van der Waals surface area contributed by atoms with Gasteiger partial charge < -0.3 is 10.4 Å². The van der Waals surface area contributed by atoms with E-state index >= 15 is 0 Å². The van der Waals surface area contributed by atoms with Gasteiger partial charge in [-0.1, -0.05) is 12.1 Å². The van der Waals surface area contributed by atoms with Gasteiger partial charge in [0.15, 0.2) is 0 Å². The number of thioether (sulfide) groups is 1. The highest BCUT2D eigenvalue weighted by Crippen LogP contribution is 2.37. The molecular weight excluding hydrogens is 328 g/mol. The lowest BCUT2D eigenvalue weighted by atomic mass is 10.1. The number of hydrogen-bond acceptors (Lipinski definition) is 5. The van der Waals surface area contributed by atoms with Gasteiger partial charge >= 0.3 is 0 Å². The van der Waals surface area contributed by atoms with Crippen LogP contribution in [0.5, 0.6) is 0 Å². The first-order valence-corrected chi connectivity index (χ1v) is 8.59. The summed E-state index contributed by atoms with van der Waals surface area (Å²) >= 11 is 1.18. The van der Waals surface area contributed by atoms with Gasteiger partial charge in [0.2, 0.25) is 5.91 Å². The molecule has 0 saturated heterocycles. The molecule has 1 aromatic rings. The number of rotatable bonds is 6. The van der Waals surface area contributed by atoms with Gasteiger partial charge in [-0.3, -0.25) is 19.3 Å². The summed E-state index contributed by atoms with van der Waals surface area (Å²) in [4.78, 5) is 37.9. The zero-order valence-electron chi connectivity index (χ0n) is 13.8. The van der Waals surface area contributed by atoms with Gasteiger partial charge in [-0.2, -0.15) is 0 Å². The third-order valence-electron chi connectivity index (χ3n) is 3.42. The van der Waals surface area contributed by atoms with Crippen LogP contribution in [0.4, 0.5) is 5.69 Å². The third-order valence-corrected chi connectivity index (χ3v) is 4.47. The van der Waals surface area contributed by atoms with Crippen molar-refractivity contribution >= 4 is 40.7 Å². The average molecular weight is 348 g/mol. The van der Waals surface area contributed by atoms with E-state index in [-0.39, 0.29) is 30.4 Å². The molecule has 3 amide bonds. The molecular formula is C17H20N2O4S. The fourth-order valence-corrected chi connectivity index (χ4v) is 3.32. The zero-order valence-corrected chi connectivity index (χ0v) is 14.6. The summed E-state index contributed by atoms with van der Waals surface area (Å²) in [5.74, 6) is -0.496. The number of nitrogens with one attached hydrogen (secondary N) is 1. The number of aliphatic hydroxyl groups excluding tert-OH is 1. The van der Waals surface area contributed by atoms with E-state index in [0.29, 0.717) is 27.5 Å². The number of amides is 3. The summed E-state index contributed by atoms with van der Waals surface area (Å²) in [6.45, 7) is 4.91. The minimum Gasteiger partial charge on any atom is -0.396 e. The Kier molecular flexibility index (Phi) is 5.80. The summed E-state index contributed by atoms with van der Waals surface area (Å²) in [5.41, 5.74) is 1.58. The molecule has 2 rings (SSSR count). The lowest BCUT2D eigenvalue weighted by molar-refractivity contribution is -0.138. The summed E-state index contributed by atoms with van der Waals surface area (Å²) in [7, 11) is 0. The lowest BCUT2D eigenvalue weighted by Gasteiger charge is -2.19. The molecule has 6 nitrogen and oxygen atoms in total. The van der Waals surface area contributed by atoms with E-state index in [1.807, 2.05) is 0 Å². The molecule has 1 aliphatic rings. The van der Waals surface area contributed by atoms with Crippen molar-refractivity contribution in [1.82, 2.24) is 4.90 Å². The highest BCUT2D eigenvalue weighted by atomic mass is 32.2. The monoisotopic (exact) mass is 348 g/mol. The number of hydrogen-bond donors (Lipinski definition) is 2. The number of aliphatic hydroxyl groups is 1. The van der Waals surface area contributed by atoms with E-state index < -0.39 is 0 Å². The Balaban J connectivity index is 2.41. The maximum absolute atomic E-state index is 12.7. The van der Waals surface area contributed by atoms with Crippen LogP contribution in [0.2, 0.25) is 0 Å². The van der Waals surface area contributed by atoms with Crippen LogP contribution in [0.15, 0.2) is 29.2 Å². The maximum atomic E-state index is 12.7. The first-order valence-electron chi connectivity index (χ1n) is 7.60. The lowest BCUT2D eigenvalue weighted by Crippen LogP contribution is -2.37. The summed E-state index contributed by atoms with van der Waals surface area (Å²) < 4.78 is 0. The number of carbonyl (C=O) groups is 3. The molecule has 128 valence electrons. The van der Waals surface area contributed by atoms with Crippen molar-refractivity contribution in [2.45, 2.75) is 26.8 Å². The van der Waals surface area contributed by atoms with Gasteiger partial charge in [0.05, 0.1) is 17.1 Å². The van der Waals surface area contributed by atoms with Gasteiger partial charge in [0.1, 0.15) is 0 Å². The summed E-state index contributed by atoms with van der Waals surface area (Å²) in [5, 5.41) is 11.7. The highest BCUT2D eigenvalue weighted by Gasteiger charge is 2.40. The Morgan fingerprint density at radius 3 is 2.33 bits per heavy atom. The molecule has 0 saturated carbocycles. The topological polar surface area (TPSA) is 86.7 Å². The van der Waals surface area contributed by atoms with Crippen molar-refractivity contribution in [3.05, 3.63) is 34.7 Å². The first kappa shape index (κ1) is 18.2. The molecule has 24 heavy (non-hydrogen) atoms. The van der Waals surface area contributed by atoms with Crippen LogP contribution >= 0.6 is 11.8 Å². The van der Waals surface area contributed by atoms with Crippen molar-refractivity contribution in [3.8, 4) is 0 Å². The Morgan fingerprint density at radius 2 is 1.83 bits per heavy atom. The van der Waals surface area contributed by atoms with E-state index in [9.17, 15) is 14.4 Å². The van der Waals surface area contributed by atoms with Gasteiger partial charge in [-0.25, -0.2) is 0 Å². The minimum absolute atomic E-state index is 0.0773. The second kappa shape index (κ2) is 7.63. The SMILES string of the molecule is CC(=O)Nc1ccc(C2=C(SCCO)C(=O)N(C(C)C)C2=O)cc1. The predicted octanol–water partition coefficient (Wildman–Crippen LogP) is 1.86. The Hall–Kier alpha value is -2.12. The van der Waals surface area contributed by atoms with Crippen molar-refractivity contribution < 1.29 is 19.5 Å². The van der Waals surface area contributed by atoms with Crippen molar-refractivity contribution in [2.24, 2.45) is 0 Å². The van der Waals surface area contributed by atoms with E-state index in [1.54, 1.807) is 38.1 Å². The smallest absolute Gasteiger partial charge is 0.268 e. The van der Waals surface area contributed by atoms with Crippen LogP contribution in [0, 0.1) is 0 Å². The molecule has 1 heterocycles. The van der Waals surface area contributed by atoms with Gasteiger partial charge in [-0.05, 0) is 31.5 Å². The van der Waals surface area contributed by atoms with Crippen LogP contribution in [-0.4, -0.2) is 46.1 Å². The largest absolute Gasteiger partial charge is 0.396 e. The van der Waals surface area contributed by atoms with Crippen LogP contribution < -0.4 is 5.32 Å². The molecule has 2 N–H and O–H groups in total. The fraction of sp³-hybridized carbons (Fsp3) is 0.353. The number of benzene rings is 1. The first-order chi connectivity index (χ1) is 11.4. The van der Waals surface area contributed by atoms with Crippen LogP contribution in [0.1, 0.15) is 26.3 Å². The quantitative estimate of drug-likeness (QED) is 0.766. The summed E-state index contributed by atoms with van der Waals surface area (Å²) in [6.07, 6.45) is 0. The van der Waals surface area contributed by atoms with E-state index in [2.05, 4.69) is 5.32 Å². The van der Waals surface area contributed by atoms with E-state index in [1.165, 1.54) is 23.6 Å². The standard InChI is InChI=1S/C17H20N2O4S/c1-10(2)19-16(22)14(15(17(19)23)24-9-8-20)12-4-6-13(7-5-12)18-11(3)21/h4-7,10,20H,8-9H2,1-3H3,(H,18,21). The highest BCUT2D eigenvalue weighted by molar-refractivity contribution is 8.04. The van der Waals surface area contributed by atoms with Gasteiger partial charge in [-0.15, -0.1) is 11.8 Å². The fourth-order valence-electron chi connectivity index (χ4n) is 2.45. The predicted molar refractivity (Wildman–Crippen MR) is 94.2 cm³/mol. The average Bonchev–Trinajstić information content (AvgIpc) is 2.76. The normalized spacial score (nSPS) is 14.8. The Bertz CT molecular complexity index is 695. The number of nitrogens with zero attached hydrogens (tertiary/aromatic N) is 1. The molecule has 0 aliphatic carbocycles. The third kappa shape index (κ3) is 3.68. The molecule has 0 spiro atoms. The molecule has 0 radical (unpaired) electrons. The van der Waals surface area contributed by atoms with Crippen molar-refractivity contribution in [3.63, 3.8) is 0 Å². The van der Waals surface area contributed by atoms with Gasteiger partial charge in [0.25, 0.3) is 11.8 Å². The number of anilines is 1. The molecule has 0 aromatic heterocycles. The van der Waals surface area contributed by atoms with Gasteiger partial charge in [0, 0.05) is 24.4 Å². The molecule has 1 aromatic carbocycles. The summed E-state index contributed by atoms with van der Waals surface area (Å²) in [6, 6.07) is 6.54. The second-order valence-electron chi connectivity index (χ2n) is 5.61. The molecule has 7 heteroatoms. The number of carbonyl (C=O) groups excluding carboxylic acids is 3.